The largest absolute Gasteiger partial charge is 1.00 e. The second-order valence-electron chi connectivity index (χ2n) is 7.67. The van der Waals surface area contributed by atoms with Crippen molar-refractivity contribution in [1.29, 1.82) is 0 Å². The smallest absolute Gasteiger partial charge is 0.115 e. The molecule has 0 nitrogen and oxygen atoms in total. The second-order valence-corrected chi connectivity index (χ2v) is 11.2. The van der Waals surface area contributed by atoms with Crippen LogP contribution in [0.15, 0.2) is 103 Å². The second kappa shape index (κ2) is 13.6. The van der Waals surface area contributed by atoms with Gasteiger partial charge in [0.05, 0.1) is 6.16 Å². The highest BCUT2D eigenvalue weighted by Crippen LogP contribution is 2.55. The Morgan fingerprint density at radius 1 is 0.567 bits per heavy atom. The minimum atomic E-state index is -1.71. The number of halogens is 1. The first-order valence-electron chi connectivity index (χ1n) is 11.1. The van der Waals surface area contributed by atoms with Crippen molar-refractivity contribution in [1.82, 2.24) is 0 Å². The van der Waals surface area contributed by atoms with E-state index in [-0.39, 0.29) is 17.0 Å². The molecule has 0 amide bonds. The lowest BCUT2D eigenvalue weighted by atomic mass is 10.1. The van der Waals surface area contributed by atoms with E-state index in [9.17, 15) is 0 Å². The zero-order valence-corrected chi connectivity index (χ0v) is 20.6. The molecule has 3 rings (SSSR count). The molecule has 0 spiro atoms. The molecule has 0 radical (unpaired) electrons. The van der Waals surface area contributed by atoms with Crippen molar-refractivity contribution in [2.75, 3.05) is 6.16 Å². The summed E-state index contributed by atoms with van der Waals surface area (Å²) in [4.78, 5) is 0. The van der Waals surface area contributed by atoms with E-state index in [4.69, 9.17) is 0 Å². The first-order chi connectivity index (χ1) is 14.4. The monoisotopic (exact) mass is 480 g/mol. The zero-order valence-electron chi connectivity index (χ0n) is 18.1. The van der Waals surface area contributed by atoms with E-state index in [1.807, 2.05) is 0 Å². The number of benzene rings is 3. The summed E-state index contributed by atoms with van der Waals surface area (Å²) < 4.78 is 0. The van der Waals surface area contributed by atoms with Gasteiger partial charge in [0, 0.05) is 0 Å². The van der Waals surface area contributed by atoms with E-state index in [0.29, 0.717) is 0 Å². The minimum absolute atomic E-state index is 0. The van der Waals surface area contributed by atoms with Crippen molar-refractivity contribution >= 4 is 23.2 Å². The third kappa shape index (κ3) is 6.40. The Hall–Kier alpha value is -1.69. The van der Waals surface area contributed by atoms with Gasteiger partial charge in [-0.1, -0.05) is 99.4 Å². The summed E-state index contributed by atoms with van der Waals surface area (Å²) >= 11 is 0. The normalized spacial score (nSPS) is 11.4. The zero-order chi connectivity index (χ0) is 20.2. The van der Waals surface area contributed by atoms with Crippen LogP contribution in [0.4, 0.5) is 0 Å². The third-order valence-electron chi connectivity index (χ3n) is 5.61. The van der Waals surface area contributed by atoms with Crippen molar-refractivity contribution in [3.8, 4) is 0 Å². The molecular weight excluding hydrogens is 447 g/mol. The SMILES string of the molecule is CCCCCCC/C=C/C[P+](c1ccccc1)(c1ccccc1)c1ccccc1.[Br-]. The van der Waals surface area contributed by atoms with Gasteiger partial charge in [0.15, 0.2) is 0 Å². The number of allylic oxidation sites excluding steroid dienone is 2. The highest BCUT2D eigenvalue weighted by molar-refractivity contribution is 7.95. The number of hydrogen-bond donors (Lipinski definition) is 0. The molecule has 0 bridgehead atoms. The van der Waals surface area contributed by atoms with E-state index in [1.54, 1.807) is 0 Å². The molecule has 3 aromatic carbocycles. The third-order valence-corrected chi connectivity index (χ3v) is 9.91. The summed E-state index contributed by atoms with van der Waals surface area (Å²) in [5.41, 5.74) is 0. The maximum Gasteiger partial charge on any atom is 0.115 e. The molecule has 30 heavy (non-hydrogen) atoms. The molecular formula is C28H34BrP. The van der Waals surface area contributed by atoms with Gasteiger partial charge in [-0.15, -0.1) is 0 Å². The van der Waals surface area contributed by atoms with Crippen LogP contribution in [-0.4, -0.2) is 6.16 Å². The van der Waals surface area contributed by atoms with Crippen LogP contribution >= 0.6 is 7.26 Å². The molecule has 0 N–H and O–H groups in total. The first-order valence-corrected chi connectivity index (χ1v) is 13.1. The lowest BCUT2D eigenvalue weighted by molar-refractivity contribution is -0.00000581. The quantitative estimate of drug-likeness (QED) is 0.222. The van der Waals surface area contributed by atoms with Crippen LogP contribution in [0.25, 0.3) is 0 Å². The Morgan fingerprint density at radius 2 is 1.00 bits per heavy atom. The Bertz CT molecular complexity index is 747. The van der Waals surface area contributed by atoms with Crippen LogP contribution in [0.2, 0.25) is 0 Å². The van der Waals surface area contributed by atoms with Gasteiger partial charge in [0.1, 0.15) is 23.2 Å². The molecule has 0 saturated carbocycles. The maximum absolute atomic E-state index is 2.46. The van der Waals surface area contributed by atoms with Gasteiger partial charge in [0.2, 0.25) is 0 Å². The van der Waals surface area contributed by atoms with Crippen LogP contribution in [0.1, 0.15) is 45.4 Å². The average Bonchev–Trinajstić information content (AvgIpc) is 2.80. The van der Waals surface area contributed by atoms with Crippen LogP contribution in [0.3, 0.4) is 0 Å². The Balaban J connectivity index is 0.00000320. The van der Waals surface area contributed by atoms with Crippen LogP contribution in [-0.2, 0) is 0 Å². The van der Waals surface area contributed by atoms with Gasteiger partial charge in [-0.2, -0.15) is 0 Å². The topological polar surface area (TPSA) is 0 Å². The minimum Gasteiger partial charge on any atom is -1.00 e. The van der Waals surface area contributed by atoms with Gasteiger partial charge < -0.3 is 17.0 Å². The Labute approximate surface area is 194 Å². The highest BCUT2D eigenvalue weighted by Gasteiger charge is 2.43. The Morgan fingerprint density at radius 3 is 1.43 bits per heavy atom. The van der Waals surface area contributed by atoms with Crippen LogP contribution in [0.5, 0.6) is 0 Å². The fraction of sp³-hybridized carbons (Fsp3) is 0.286. The van der Waals surface area contributed by atoms with E-state index in [2.05, 4.69) is 110 Å². The summed E-state index contributed by atoms with van der Waals surface area (Å²) in [5, 5.41) is 4.39. The highest BCUT2D eigenvalue weighted by atomic mass is 79.9. The summed E-state index contributed by atoms with van der Waals surface area (Å²) in [6, 6.07) is 33.5. The first kappa shape index (κ1) is 24.6. The summed E-state index contributed by atoms with van der Waals surface area (Å²) in [6.07, 6.45) is 13.9. The Kier molecular flexibility index (Phi) is 11.1. The molecule has 0 saturated heterocycles. The molecule has 0 aromatic heterocycles. The maximum atomic E-state index is 2.46. The fourth-order valence-corrected chi connectivity index (χ4v) is 8.06. The van der Waals surface area contributed by atoms with Gasteiger partial charge in [-0.25, -0.2) is 0 Å². The number of rotatable bonds is 11. The molecule has 2 heteroatoms. The molecule has 0 atom stereocenters. The molecule has 0 unspecified atom stereocenters. The lowest BCUT2D eigenvalue weighted by Crippen LogP contribution is -3.00. The standard InChI is InChI=1S/C28H34P.BrH/c1-2-3-4-5-6-7-8-18-25-29(26-19-12-9-13-20-26,27-21-14-10-15-22-27)28-23-16-11-17-24-28;/h8-24H,2-7,25H2,1H3;1H/q+1;/p-1/b18-8+;. The number of hydrogen-bond acceptors (Lipinski definition) is 0. The van der Waals surface area contributed by atoms with Gasteiger partial charge in [-0.3, -0.25) is 0 Å². The van der Waals surface area contributed by atoms with E-state index in [0.717, 1.165) is 6.16 Å². The predicted octanol–water partition coefficient (Wildman–Crippen LogP) is 3.90. The van der Waals surface area contributed by atoms with Crippen molar-refractivity contribution in [2.24, 2.45) is 0 Å². The van der Waals surface area contributed by atoms with Crippen LogP contribution in [0, 0.1) is 0 Å². The summed E-state index contributed by atoms with van der Waals surface area (Å²) in [7, 11) is -1.71. The van der Waals surface area contributed by atoms with E-state index in [1.165, 1.54) is 54.4 Å². The van der Waals surface area contributed by atoms with Crippen molar-refractivity contribution in [2.45, 2.75) is 45.4 Å². The summed E-state index contributed by atoms with van der Waals surface area (Å²) in [6.45, 7) is 2.28. The van der Waals surface area contributed by atoms with E-state index >= 15 is 0 Å². The fourth-order valence-electron chi connectivity index (χ4n) is 4.03. The van der Waals surface area contributed by atoms with Gasteiger partial charge in [-0.05, 0) is 49.2 Å². The van der Waals surface area contributed by atoms with Crippen molar-refractivity contribution in [3.05, 3.63) is 103 Å². The molecule has 0 aliphatic heterocycles. The molecule has 0 fully saturated rings. The molecule has 0 heterocycles. The van der Waals surface area contributed by atoms with Crippen molar-refractivity contribution < 1.29 is 17.0 Å². The van der Waals surface area contributed by atoms with Crippen LogP contribution < -0.4 is 32.9 Å². The predicted molar refractivity (Wildman–Crippen MR) is 133 cm³/mol. The molecule has 0 aliphatic carbocycles. The lowest BCUT2D eigenvalue weighted by Gasteiger charge is -2.26. The molecule has 3 aromatic rings. The number of unbranched alkanes of at least 4 members (excludes halogenated alkanes) is 5. The molecule has 0 aliphatic rings. The average molecular weight is 481 g/mol. The molecule has 158 valence electrons. The van der Waals surface area contributed by atoms with Crippen molar-refractivity contribution in [3.63, 3.8) is 0 Å². The summed E-state index contributed by atoms with van der Waals surface area (Å²) in [5.74, 6) is 0. The van der Waals surface area contributed by atoms with Gasteiger partial charge >= 0.3 is 0 Å². The van der Waals surface area contributed by atoms with Gasteiger partial charge in [0.25, 0.3) is 0 Å². The van der Waals surface area contributed by atoms with E-state index < -0.39 is 7.26 Å².